The van der Waals surface area contributed by atoms with Gasteiger partial charge in [0.2, 0.25) is 11.2 Å². The molecule has 2 amide bonds. The first-order valence-electron chi connectivity index (χ1n) is 11.2. The first-order chi connectivity index (χ1) is 17.6. The van der Waals surface area contributed by atoms with E-state index in [0.717, 1.165) is 10.0 Å². The number of morpholine rings is 1. The van der Waals surface area contributed by atoms with Gasteiger partial charge in [0.05, 0.1) is 42.5 Å². The number of amides is 2. The van der Waals surface area contributed by atoms with Gasteiger partial charge in [0.25, 0.3) is 12.1 Å². The van der Waals surface area contributed by atoms with Gasteiger partial charge in [-0.2, -0.15) is 0 Å². The largest absolute Gasteiger partial charge is 0.377 e. The Labute approximate surface area is 219 Å². The second-order valence-electron chi connectivity index (χ2n) is 7.84. The molecular formula is C24H22BrN6O4S+. The van der Waals surface area contributed by atoms with Crippen molar-refractivity contribution < 1.29 is 23.6 Å². The summed E-state index contributed by atoms with van der Waals surface area (Å²) in [7, 11) is 0. The van der Waals surface area contributed by atoms with Crippen molar-refractivity contribution in [2.24, 2.45) is 4.99 Å². The van der Waals surface area contributed by atoms with Gasteiger partial charge < -0.3 is 4.74 Å². The molecule has 0 unspecified atom stereocenters. The molecule has 12 heteroatoms. The van der Waals surface area contributed by atoms with Gasteiger partial charge in [0.15, 0.2) is 5.17 Å². The van der Waals surface area contributed by atoms with Crippen molar-refractivity contribution in [1.29, 1.82) is 0 Å². The predicted octanol–water partition coefficient (Wildman–Crippen LogP) is 2.81. The SMILES string of the molecule is O=C(CSC1=N/C(=C/c2cccc(Br)c2)C(=O)N1c1ccccc1)Nc1c[n+](N2CCOCC2)no1. The van der Waals surface area contributed by atoms with Crippen LogP contribution in [0, 0.1) is 0 Å². The van der Waals surface area contributed by atoms with Crippen molar-refractivity contribution in [2.45, 2.75) is 0 Å². The Morgan fingerprint density at radius 2 is 1.97 bits per heavy atom. The standard InChI is InChI=1S/C24H21BrN6O4S/c25-18-6-4-5-17(13-18)14-20-23(33)31(19-7-2-1-3-8-19)24(26-20)36-16-21(32)27-22-15-30(28-35-22)29-9-11-34-12-10-29/h1-8,13-15H,9-12,16H2/p+1/b20-14+. The molecule has 0 bridgehead atoms. The summed E-state index contributed by atoms with van der Waals surface area (Å²) in [5.74, 6) is -0.312. The van der Waals surface area contributed by atoms with Gasteiger partial charge in [-0.25, -0.2) is 4.99 Å². The van der Waals surface area contributed by atoms with E-state index < -0.39 is 0 Å². The fourth-order valence-corrected chi connectivity index (χ4v) is 4.87. The molecule has 0 saturated carbocycles. The molecule has 36 heavy (non-hydrogen) atoms. The van der Waals surface area contributed by atoms with Crippen LogP contribution in [0.5, 0.6) is 0 Å². The number of rotatable bonds is 6. The molecule has 2 aliphatic heterocycles. The van der Waals surface area contributed by atoms with Crippen LogP contribution in [0.4, 0.5) is 11.6 Å². The second-order valence-corrected chi connectivity index (χ2v) is 9.70. The smallest absolute Gasteiger partial charge is 0.305 e. The minimum absolute atomic E-state index is 0.0257. The van der Waals surface area contributed by atoms with Crippen LogP contribution in [-0.4, -0.2) is 54.3 Å². The maximum absolute atomic E-state index is 13.3. The monoisotopic (exact) mass is 569 g/mol. The number of carbonyl (C=O) groups excluding carboxylic acids is 2. The summed E-state index contributed by atoms with van der Waals surface area (Å²) >= 11 is 4.62. The van der Waals surface area contributed by atoms with Crippen molar-refractivity contribution in [3.63, 3.8) is 0 Å². The molecule has 184 valence electrons. The maximum Gasteiger partial charge on any atom is 0.305 e. The molecule has 0 radical (unpaired) electrons. The Kier molecular flexibility index (Phi) is 7.44. The number of halogens is 1. The fourth-order valence-electron chi connectivity index (χ4n) is 3.64. The number of para-hydroxylation sites is 1. The van der Waals surface area contributed by atoms with Gasteiger partial charge in [-0.1, -0.05) is 58.0 Å². The molecule has 2 aromatic carbocycles. The molecule has 1 aromatic heterocycles. The van der Waals surface area contributed by atoms with Gasteiger partial charge in [-0.15, -0.1) is 5.01 Å². The fraction of sp³-hybridized carbons (Fsp3) is 0.208. The highest BCUT2D eigenvalue weighted by Crippen LogP contribution is 2.29. The first kappa shape index (κ1) is 24.2. The lowest BCUT2D eigenvalue weighted by atomic mass is 10.2. The lowest BCUT2D eigenvalue weighted by Crippen LogP contribution is -2.62. The quantitative estimate of drug-likeness (QED) is 0.359. The summed E-state index contributed by atoms with van der Waals surface area (Å²) in [6, 6.07) is 16.8. The number of aliphatic imine (C=N–C) groups is 1. The average molecular weight is 570 g/mol. The molecule has 10 nitrogen and oxygen atoms in total. The Morgan fingerprint density at radius 3 is 2.75 bits per heavy atom. The zero-order valence-electron chi connectivity index (χ0n) is 19.0. The number of nitrogens with zero attached hydrogens (tertiary/aromatic N) is 5. The Bertz CT molecular complexity index is 1320. The lowest BCUT2D eigenvalue weighted by molar-refractivity contribution is -0.759. The Balaban J connectivity index is 1.29. The van der Waals surface area contributed by atoms with Gasteiger partial charge in [-0.05, 0) is 35.9 Å². The second kappa shape index (κ2) is 11.1. The summed E-state index contributed by atoms with van der Waals surface area (Å²) in [5, 5.41) is 9.03. The number of amidine groups is 1. The molecular weight excluding hydrogens is 548 g/mol. The third-order valence-corrected chi connectivity index (χ3v) is 6.76. The predicted molar refractivity (Wildman–Crippen MR) is 140 cm³/mol. The topological polar surface area (TPSA) is 104 Å². The van der Waals surface area contributed by atoms with Crippen LogP contribution < -0.4 is 20.0 Å². The third kappa shape index (κ3) is 5.66. The van der Waals surface area contributed by atoms with Gasteiger partial charge >= 0.3 is 5.88 Å². The lowest BCUT2D eigenvalue weighted by Gasteiger charge is -2.18. The average Bonchev–Trinajstić information content (AvgIpc) is 3.48. The van der Waals surface area contributed by atoms with Gasteiger partial charge in [0.1, 0.15) is 5.70 Å². The number of hydrogen-bond donors (Lipinski definition) is 1. The molecule has 3 heterocycles. The highest BCUT2D eigenvalue weighted by Gasteiger charge is 2.32. The number of nitrogens with one attached hydrogen (secondary N) is 1. The van der Waals surface area contributed by atoms with Gasteiger partial charge in [-0.3, -0.25) is 24.3 Å². The Hall–Kier alpha value is -3.48. The number of aromatic nitrogens is 2. The molecule has 2 aliphatic rings. The molecule has 5 rings (SSSR count). The van der Waals surface area contributed by atoms with Crippen LogP contribution in [0.15, 0.2) is 80.5 Å². The van der Waals surface area contributed by atoms with E-state index in [1.807, 2.05) is 59.6 Å². The van der Waals surface area contributed by atoms with Crippen LogP contribution in [0.3, 0.4) is 0 Å². The molecule has 1 fully saturated rings. The maximum atomic E-state index is 13.3. The van der Waals surface area contributed by atoms with E-state index >= 15 is 0 Å². The molecule has 3 aromatic rings. The zero-order chi connectivity index (χ0) is 24.9. The third-order valence-electron chi connectivity index (χ3n) is 5.32. The van der Waals surface area contributed by atoms with Crippen molar-refractivity contribution in [2.75, 3.05) is 47.3 Å². The van der Waals surface area contributed by atoms with E-state index in [2.05, 4.69) is 31.5 Å². The van der Waals surface area contributed by atoms with E-state index in [1.54, 1.807) is 17.1 Å². The van der Waals surface area contributed by atoms with Crippen molar-refractivity contribution in [1.82, 2.24) is 5.27 Å². The number of anilines is 2. The Morgan fingerprint density at radius 1 is 1.17 bits per heavy atom. The summed E-state index contributed by atoms with van der Waals surface area (Å²) in [6.45, 7) is 2.57. The molecule has 0 spiro atoms. The van der Waals surface area contributed by atoms with Crippen LogP contribution in [-0.2, 0) is 14.3 Å². The summed E-state index contributed by atoms with van der Waals surface area (Å²) in [4.78, 5) is 33.6. The van der Waals surface area contributed by atoms with E-state index in [0.29, 0.717) is 42.9 Å². The normalized spacial score (nSPS) is 17.0. The van der Waals surface area contributed by atoms with Crippen molar-refractivity contribution in [3.05, 3.63) is 76.5 Å². The van der Waals surface area contributed by atoms with Gasteiger partial charge in [0, 0.05) is 4.47 Å². The van der Waals surface area contributed by atoms with Crippen molar-refractivity contribution >= 4 is 62.3 Å². The first-order valence-corrected chi connectivity index (χ1v) is 12.9. The van der Waals surface area contributed by atoms with Crippen LogP contribution in [0.2, 0.25) is 0 Å². The van der Waals surface area contributed by atoms with Crippen LogP contribution >= 0.6 is 27.7 Å². The molecule has 0 aliphatic carbocycles. The minimum atomic E-state index is -0.308. The highest BCUT2D eigenvalue weighted by atomic mass is 79.9. The summed E-state index contributed by atoms with van der Waals surface area (Å²) < 4.78 is 11.5. The molecule has 1 N–H and O–H groups in total. The number of thioether (sulfide) groups is 1. The highest BCUT2D eigenvalue weighted by molar-refractivity contribution is 9.10. The van der Waals surface area contributed by atoms with Crippen LogP contribution in [0.1, 0.15) is 5.56 Å². The number of hydrogen-bond acceptors (Lipinski definition) is 8. The number of benzene rings is 2. The summed E-state index contributed by atoms with van der Waals surface area (Å²) in [5.41, 5.74) is 1.81. The minimum Gasteiger partial charge on any atom is -0.377 e. The molecule has 1 saturated heterocycles. The number of carbonyl (C=O) groups is 2. The zero-order valence-corrected chi connectivity index (χ0v) is 21.4. The van der Waals surface area contributed by atoms with E-state index in [9.17, 15) is 9.59 Å². The van der Waals surface area contributed by atoms with Crippen LogP contribution in [0.25, 0.3) is 6.08 Å². The van der Waals surface area contributed by atoms with E-state index in [4.69, 9.17) is 9.26 Å². The van der Waals surface area contributed by atoms with E-state index in [-0.39, 0.29) is 23.5 Å². The molecule has 0 atom stereocenters. The number of ether oxygens (including phenoxy) is 1. The summed E-state index contributed by atoms with van der Waals surface area (Å²) in [6.07, 6.45) is 3.34. The van der Waals surface area contributed by atoms with Crippen molar-refractivity contribution in [3.8, 4) is 0 Å². The van der Waals surface area contributed by atoms with E-state index in [1.165, 1.54) is 16.7 Å².